The van der Waals surface area contributed by atoms with Crippen molar-refractivity contribution in [2.24, 2.45) is 0 Å². The van der Waals surface area contributed by atoms with E-state index in [-0.39, 0.29) is 0 Å². The minimum atomic E-state index is 0.653. The maximum absolute atomic E-state index is 5.05. The van der Waals surface area contributed by atoms with Crippen molar-refractivity contribution in [2.45, 2.75) is 12.8 Å². The van der Waals surface area contributed by atoms with Gasteiger partial charge in [-0.1, -0.05) is 12.1 Å². The van der Waals surface area contributed by atoms with Crippen LogP contribution in [-0.2, 0) is 17.6 Å². The van der Waals surface area contributed by atoms with Crippen LogP contribution in [0.1, 0.15) is 11.4 Å². The maximum Gasteiger partial charge on any atom is 0.207 e. The maximum atomic E-state index is 5.05. The van der Waals surface area contributed by atoms with E-state index in [1.54, 1.807) is 7.11 Å². The molecule has 24 heavy (non-hydrogen) atoms. The van der Waals surface area contributed by atoms with Gasteiger partial charge in [-0.25, -0.2) is 4.98 Å². The van der Waals surface area contributed by atoms with E-state index in [2.05, 4.69) is 55.6 Å². The monoisotopic (exact) mass is 364 g/mol. The highest BCUT2D eigenvalue weighted by atomic mass is 32.2. The summed E-state index contributed by atoms with van der Waals surface area (Å²) in [6, 6.07) is 8.65. The predicted octanol–water partition coefficient (Wildman–Crippen LogP) is 3.06. The van der Waals surface area contributed by atoms with Crippen molar-refractivity contribution in [2.75, 3.05) is 50.2 Å². The third-order valence-electron chi connectivity index (χ3n) is 4.02. The zero-order valence-electron chi connectivity index (χ0n) is 14.0. The normalized spacial score (nSPS) is 15.5. The van der Waals surface area contributed by atoms with Gasteiger partial charge in [0.15, 0.2) is 0 Å². The minimum Gasteiger partial charge on any atom is -0.384 e. The van der Waals surface area contributed by atoms with E-state index in [4.69, 9.17) is 4.74 Å². The number of anilines is 2. The molecule has 1 aliphatic heterocycles. The van der Waals surface area contributed by atoms with Gasteiger partial charge in [0.05, 0.1) is 6.61 Å². The highest BCUT2D eigenvalue weighted by Gasteiger charge is 2.10. The summed E-state index contributed by atoms with van der Waals surface area (Å²) in [6.45, 7) is 4.27. The molecule has 3 rings (SSSR count). The summed E-state index contributed by atoms with van der Waals surface area (Å²) < 4.78 is 9.38. The van der Waals surface area contributed by atoms with Gasteiger partial charge in [-0.2, -0.15) is 16.1 Å². The number of aromatic nitrogens is 2. The molecule has 2 heterocycles. The second kappa shape index (κ2) is 9.36. The molecule has 1 N–H and O–H groups in total. The number of ether oxygens (including phenoxy) is 1. The number of methoxy groups -OCH3 is 1. The number of thioether (sulfide) groups is 1. The summed E-state index contributed by atoms with van der Waals surface area (Å²) in [5.41, 5.74) is 2.44. The van der Waals surface area contributed by atoms with Crippen LogP contribution in [0.2, 0.25) is 0 Å². The van der Waals surface area contributed by atoms with Gasteiger partial charge in [0.25, 0.3) is 0 Å². The first-order valence-corrected chi connectivity index (χ1v) is 10.2. The van der Waals surface area contributed by atoms with Gasteiger partial charge in [-0.3, -0.25) is 0 Å². The van der Waals surface area contributed by atoms with E-state index in [1.165, 1.54) is 41.7 Å². The van der Waals surface area contributed by atoms with Crippen molar-refractivity contribution in [3.8, 4) is 0 Å². The van der Waals surface area contributed by atoms with Crippen LogP contribution >= 0.6 is 23.3 Å². The molecule has 1 saturated heterocycles. The van der Waals surface area contributed by atoms with Crippen LogP contribution in [0.3, 0.4) is 0 Å². The lowest BCUT2D eigenvalue weighted by molar-refractivity contribution is 0.201. The highest BCUT2D eigenvalue weighted by Crippen LogP contribution is 2.19. The molecule has 0 unspecified atom stereocenters. The molecule has 0 radical (unpaired) electrons. The zero-order valence-corrected chi connectivity index (χ0v) is 15.7. The molecule has 1 aromatic heterocycles. The third kappa shape index (κ3) is 5.44. The van der Waals surface area contributed by atoms with Crippen molar-refractivity contribution in [3.05, 3.63) is 35.7 Å². The Morgan fingerprint density at radius 3 is 2.71 bits per heavy atom. The molecule has 0 saturated carbocycles. The van der Waals surface area contributed by atoms with E-state index in [9.17, 15) is 0 Å². The van der Waals surface area contributed by atoms with Crippen LogP contribution in [-0.4, -0.2) is 59.1 Å². The van der Waals surface area contributed by atoms with Crippen LogP contribution in [0.15, 0.2) is 24.3 Å². The Labute approximate surface area is 152 Å². The van der Waals surface area contributed by atoms with Crippen molar-refractivity contribution >= 4 is 34.1 Å². The Morgan fingerprint density at radius 2 is 1.96 bits per heavy atom. The summed E-state index contributed by atoms with van der Waals surface area (Å²) in [7, 11) is 1.69. The molecule has 0 amide bonds. The lowest BCUT2D eigenvalue weighted by Gasteiger charge is -2.26. The summed E-state index contributed by atoms with van der Waals surface area (Å²) in [6.07, 6.45) is 1.87. The number of nitrogens with zero attached hydrogens (tertiary/aromatic N) is 3. The van der Waals surface area contributed by atoms with Crippen LogP contribution in [0, 0.1) is 0 Å². The van der Waals surface area contributed by atoms with Gasteiger partial charge >= 0.3 is 0 Å². The molecule has 0 bridgehead atoms. The van der Waals surface area contributed by atoms with E-state index in [0.29, 0.717) is 6.61 Å². The first-order chi connectivity index (χ1) is 11.8. The lowest BCUT2D eigenvalue weighted by Crippen LogP contribution is -2.34. The van der Waals surface area contributed by atoms with Gasteiger partial charge in [-0.15, -0.1) is 0 Å². The van der Waals surface area contributed by atoms with Crippen LogP contribution in [0.4, 0.5) is 10.8 Å². The van der Waals surface area contributed by atoms with Gasteiger partial charge in [0.2, 0.25) is 5.13 Å². The Bertz CT molecular complexity index is 611. The number of nitrogens with one attached hydrogen (secondary N) is 1. The molecular weight excluding hydrogens is 340 g/mol. The molecule has 7 heteroatoms. The summed E-state index contributed by atoms with van der Waals surface area (Å²) in [5, 5.41) is 4.16. The number of rotatable bonds is 8. The number of hydrogen-bond donors (Lipinski definition) is 1. The zero-order chi connectivity index (χ0) is 16.6. The van der Waals surface area contributed by atoms with E-state index in [1.807, 2.05) is 0 Å². The van der Waals surface area contributed by atoms with E-state index < -0.39 is 0 Å². The van der Waals surface area contributed by atoms with Gasteiger partial charge < -0.3 is 15.0 Å². The molecule has 1 aromatic carbocycles. The van der Waals surface area contributed by atoms with Crippen LogP contribution < -0.4 is 5.32 Å². The standard InChI is InChI=1S/C17H24N4OS2/c1-22-11-7-16-19-17(24-20-16)18-15-4-2-14(3-5-15)6-8-21-9-12-23-13-10-21/h2-5H,6-13H2,1H3,(H,18,19,20). The van der Waals surface area contributed by atoms with Gasteiger partial charge in [-0.05, 0) is 24.1 Å². The highest BCUT2D eigenvalue weighted by molar-refractivity contribution is 7.99. The molecule has 1 aliphatic rings. The molecule has 0 atom stereocenters. The van der Waals surface area contributed by atoms with Crippen molar-refractivity contribution in [1.82, 2.24) is 14.3 Å². The fourth-order valence-corrected chi connectivity index (χ4v) is 4.20. The summed E-state index contributed by atoms with van der Waals surface area (Å²) >= 11 is 3.45. The third-order valence-corrected chi connectivity index (χ3v) is 5.63. The molecule has 5 nitrogen and oxygen atoms in total. The van der Waals surface area contributed by atoms with Crippen LogP contribution in [0.5, 0.6) is 0 Å². The van der Waals surface area contributed by atoms with Gasteiger partial charge in [0.1, 0.15) is 5.82 Å². The fourth-order valence-electron chi connectivity index (χ4n) is 2.59. The molecule has 0 aliphatic carbocycles. The van der Waals surface area contributed by atoms with Crippen molar-refractivity contribution < 1.29 is 4.74 Å². The molecule has 2 aromatic rings. The molecule has 1 fully saturated rings. The predicted molar refractivity (Wildman–Crippen MR) is 103 cm³/mol. The molecule has 0 spiro atoms. The first-order valence-electron chi connectivity index (χ1n) is 8.31. The van der Waals surface area contributed by atoms with E-state index in [0.717, 1.165) is 36.0 Å². The Morgan fingerprint density at radius 1 is 1.17 bits per heavy atom. The molecular formula is C17H24N4OS2. The fraction of sp³-hybridized carbons (Fsp3) is 0.529. The quantitative estimate of drug-likeness (QED) is 0.777. The lowest BCUT2D eigenvalue weighted by atomic mass is 10.1. The van der Waals surface area contributed by atoms with Crippen molar-refractivity contribution in [3.63, 3.8) is 0 Å². The Kier molecular flexibility index (Phi) is 6.89. The Hall–Kier alpha value is -1.15. The van der Waals surface area contributed by atoms with Crippen LogP contribution in [0.25, 0.3) is 0 Å². The SMILES string of the molecule is COCCc1nsc(Nc2ccc(CCN3CCSCC3)cc2)n1. The number of hydrogen-bond acceptors (Lipinski definition) is 7. The number of benzene rings is 1. The van der Waals surface area contributed by atoms with E-state index >= 15 is 0 Å². The minimum absolute atomic E-state index is 0.653. The summed E-state index contributed by atoms with van der Waals surface area (Å²) in [5.74, 6) is 3.38. The molecule has 130 valence electrons. The Balaban J connectivity index is 1.47. The largest absolute Gasteiger partial charge is 0.384 e. The topological polar surface area (TPSA) is 50.3 Å². The smallest absolute Gasteiger partial charge is 0.207 e. The summed E-state index contributed by atoms with van der Waals surface area (Å²) in [4.78, 5) is 7.03. The van der Waals surface area contributed by atoms with Gasteiger partial charge in [0, 0.05) is 61.9 Å². The average molecular weight is 365 g/mol. The van der Waals surface area contributed by atoms with Crippen molar-refractivity contribution in [1.29, 1.82) is 0 Å². The second-order valence-electron chi connectivity index (χ2n) is 5.78. The first kappa shape index (κ1) is 17.7. The second-order valence-corrected chi connectivity index (χ2v) is 7.76. The average Bonchev–Trinajstić information content (AvgIpc) is 3.07.